The van der Waals surface area contributed by atoms with Gasteiger partial charge in [0.15, 0.2) is 0 Å². The number of nitrogens with zero attached hydrogens (tertiary/aromatic N) is 3. The first-order valence-corrected chi connectivity index (χ1v) is 12.4. The molecular weight excluding hydrogens is 450 g/mol. The SMILES string of the molecule is CC(C)n1ccc2cc(-c3ccc(C(=O)N4CCN(C(=O)C5CCCO5)CC4)cc3Cl)ccc21. The first kappa shape index (κ1) is 22.9. The third-order valence-electron chi connectivity index (χ3n) is 6.89. The van der Waals surface area contributed by atoms with Crippen LogP contribution in [0, 0.1) is 0 Å². The number of halogens is 1. The maximum absolute atomic E-state index is 13.1. The zero-order valence-corrected chi connectivity index (χ0v) is 20.4. The highest BCUT2D eigenvalue weighted by molar-refractivity contribution is 6.33. The van der Waals surface area contributed by atoms with E-state index < -0.39 is 0 Å². The summed E-state index contributed by atoms with van der Waals surface area (Å²) in [5.74, 6) is -0.000158. The molecule has 6 nitrogen and oxygen atoms in total. The number of benzene rings is 2. The van der Waals surface area contributed by atoms with Crippen molar-refractivity contribution in [1.29, 1.82) is 0 Å². The highest BCUT2D eigenvalue weighted by Gasteiger charge is 2.31. The topological polar surface area (TPSA) is 54.8 Å². The van der Waals surface area contributed by atoms with Crippen LogP contribution in [0.1, 0.15) is 43.1 Å². The first-order chi connectivity index (χ1) is 16.4. The Kier molecular flexibility index (Phi) is 6.36. The van der Waals surface area contributed by atoms with Crippen LogP contribution in [0.4, 0.5) is 0 Å². The molecule has 2 saturated heterocycles. The molecule has 1 aromatic heterocycles. The van der Waals surface area contributed by atoms with Crippen LogP contribution in [0.2, 0.25) is 5.02 Å². The molecule has 1 unspecified atom stereocenters. The fraction of sp³-hybridized carbons (Fsp3) is 0.407. The van der Waals surface area contributed by atoms with Crippen molar-refractivity contribution in [2.45, 2.75) is 38.8 Å². The Morgan fingerprint density at radius 2 is 1.76 bits per heavy atom. The van der Waals surface area contributed by atoms with Crippen molar-refractivity contribution in [2.75, 3.05) is 32.8 Å². The third-order valence-corrected chi connectivity index (χ3v) is 7.20. The summed E-state index contributed by atoms with van der Waals surface area (Å²) in [6.45, 7) is 7.09. The maximum atomic E-state index is 13.1. The lowest BCUT2D eigenvalue weighted by Crippen LogP contribution is -2.52. The predicted molar refractivity (Wildman–Crippen MR) is 134 cm³/mol. The van der Waals surface area contributed by atoms with Gasteiger partial charge in [0.25, 0.3) is 11.8 Å². The summed E-state index contributed by atoms with van der Waals surface area (Å²) in [7, 11) is 0. The molecule has 0 spiro atoms. The molecule has 7 heteroatoms. The van der Waals surface area contributed by atoms with Gasteiger partial charge in [-0.15, -0.1) is 0 Å². The van der Waals surface area contributed by atoms with Crippen LogP contribution in [0.25, 0.3) is 22.0 Å². The Labute approximate surface area is 205 Å². The summed E-state index contributed by atoms with van der Waals surface area (Å²) in [6, 6.07) is 14.4. The molecule has 0 saturated carbocycles. The molecular formula is C27H30ClN3O3. The average molecular weight is 480 g/mol. The van der Waals surface area contributed by atoms with E-state index in [-0.39, 0.29) is 17.9 Å². The molecule has 2 aliphatic rings. The zero-order chi connectivity index (χ0) is 23.8. The lowest BCUT2D eigenvalue weighted by Gasteiger charge is -2.35. The number of carbonyl (C=O) groups is 2. The van der Waals surface area contributed by atoms with Gasteiger partial charge in [0, 0.05) is 72.1 Å². The molecule has 3 aromatic rings. The number of ether oxygens (including phenoxy) is 1. The predicted octanol–water partition coefficient (Wildman–Crippen LogP) is 5.01. The Hall–Kier alpha value is -2.83. The van der Waals surface area contributed by atoms with Gasteiger partial charge in [0.05, 0.1) is 0 Å². The van der Waals surface area contributed by atoms with Gasteiger partial charge < -0.3 is 19.1 Å². The van der Waals surface area contributed by atoms with E-state index in [1.807, 2.05) is 17.0 Å². The summed E-state index contributed by atoms with van der Waals surface area (Å²) in [5.41, 5.74) is 3.70. The Bertz CT molecular complexity index is 1220. The normalized spacial score (nSPS) is 18.8. The molecule has 1 atom stereocenters. The smallest absolute Gasteiger partial charge is 0.254 e. The fourth-order valence-corrected chi connectivity index (χ4v) is 5.24. The molecule has 5 rings (SSSR count). The lowest BCUT2D eigenvalue weighted by atomic mass is 10.0. The molecule has 3 heterocycles. The number of hydrogen-bond acceptors (Lipinski definition) is 3. The highest BCUT2D eigenvalue weighted by atomic mass is 35.5. The van der Waals surface area contributed by atoms with Crippen molar-refractivity contribution in [3.63, 3.8) is 0 Å². The standard InChI is InChI=1S/C27H30ClN3O3/c1-18(2)31-10-9-20-16-19(6-8-24(20)31)22-7-5-21(17-23(22)28)26(32)29-11-13-30(14-12-29)27(33)25-4-3-15-34-25/h5-10,16-18,25H,3-4,11-15H2,1-2H3. The highest BCUT2D eigenvalue weighted by Crippen LogP contribution is 2.32. The van der Waals surface area contributed by atoms with Gasteiger partial charge in [-0.2, -0.15) is 0 Å². The van der Waals surface area contributed by atoms with E-state index in [4.69, 9.17) is 16.3 Å². The third kappa shape index (κ3) is 4.32. The second-order valence-corrected chi connectivity index (χ2v) is 9.81. The van der Waals surface area contributed by atoms with Crippen LogP contribution in [0.5, 0.6) is 0 Å². The van der Waals surface area contributed by atoms with Gasteiger partial charge >= 0.3 is 0 Å². The molecule has 0 N–H and O–H groups in total. The summed E-state index contributed by atoms with van der Waals surface area (Å²) in [4.78, 5) is 29.3. The van der Waals surface area contributed by atoms with E-state index in [0.29, 0.717) is 49.4 Å². The Morgan fingerprint density at radius 3 is 2.44 bits per heavy atom. The number of fused-ring (bicyclic) bond motifs is 1. The number of aromatic nitrogens is 1. The minimum atomic E-state index is -0.309. The monoisotopic (exact) mass is 479 g/mol. The van der Waals surface area contributed by atoms with Crippen molar-refractivity contribution in [2.24, 2.45) is 0 Å². The molecule has 2 fully saturated rings. The molecule has 34 heavy (non-hydrogen) atoms. The van der Waals surface area contributed by atoms with E-state index in [0.717, 1.165) is 29.4 Å². The summed E-state index contributed by atoms with van der Waals surface area (Å²) in [5, 5.41) is 1.72. The van der Waals surface area contributed by atoms with E-state index in [9.17, 15) is 9.59 Å². The largest absolute Gasteiger partial charge is 0.368 e. The van der Waals surface area contributed by atoms with Crippen molar-refractivity contribution < 1.29 is 14.3 Å². The van der Waals surface area contributed by atoms with Crippen LogP contribution < -0.4 is 0 Å². The number of hydrogen-bond donors (Lipinski definition) is 0. The number of carbonyl (C=O) groups excluding carboxylic acids is 2. The van der Waals surface area contributed by atoms with E-state index in [1.54, 1.807) is 11.0 Å². The summed E-state index contributed by atoms with van der Waals surface area (Å²) >= 11 is 6.65. The van der Waals surface area contributed by atoms with Crippen LogP contribution in [-0.4, -0.2) is 65.1 Å². The van der Waals surface area contributed by atoms with Gasteiger partial charge in [-0.3, -0.25) is 9.59 Å². The van der Waals surface area contributed by atoms with Crippen molar-refractivity contribution >= 4 is 34.3 Å². The van der Waals surface area contributed by atoms with Crippen molar-refractivity contribution in [3.8, 4) is 11.1 Å². The number of amides is 2. The second kappa shape index (κ2) is 9.43. The molecule has 0 aliphatic carbocycles. The quantitative estimate of drug-likeness (QED) is 0.528. The molecule has 0 radical (unpaired) electrons. The fourth-order valence-electron chi connectivity index (χ4n) is 4.95. The average Bonchev–Trinajstić information content (AvgIpc) is 3.53. The van der Waals surface area contributed by atoms with Crippen LogP contribution >= 0.6 is 11.6 Å². The minimum Gasteiger partial charge on any atom is -0.368 e. The van der Waals surface area contributed by atoms with E-state index in [2.05, 4.69) is 48.9 Å². The van der Waals surface area contributed by atoms with Crippen LogP contribution in [0.3, 0.4) is 0 Å². The summed E-state index contributed by atoms with van der Waals surface area (Å²) in [6.07, 6.45) is 3.52. The Balaban J connectivity index is 1.28. The molecule has 2 amide bonds. The molecule has 0 bridgehead atoms. The Morgan fingerprint density at radius 1 is 1.00 bits per heavy atom. The van der Waals surface area contributed by atoms with Gasteiger partial charge in [-0.25, -0.2) is 0 Å². The second-order valence-electron chi connectivity index (χ2n) is 9.40. The van der Waals surface area contributed by atoms with Gasteiger partial charge in [-0.05, 0) is 62.6 Å². The zero-order valence-electron chi connectivity index (χ0n) is 19.7. The number of piperazine rings is 1. The molecule has 2 aromatic carbocycles. The van der Waals surface area contributed by atoms with Crippen LogP contribution in [0.15, 0.2) is 48.7 Å². The van der Waals surface area contributed by atoms with Crippen molar-refractivity contribution in [1.82, 2.24) is 14.4 Å². The molecule has 178 valence electrons. The minimum absolute atomic E-state index is 0.0534. The van der Waals surface area contributed by atoms with Gasteiger partial charge in [0.1, 0.15) is 6.10 Å². The van der Waals surface area contributed by atoms with Gasteiger partial charge in [-0.1, -0.05) is 23.7 Å². The van der Waals surface area contributed by atoms with E-state index >= 15 is 0 Å². The first-order valence-electron chi connectivity index (χ1n) is 12.0. The van der Waals surface area contributed by atoms with Crippen LogP contribution in [-0.2, 0) is 9.53 Å². The number of rotatable bonds is 4. The van der Waals surface area contributed by atoms with Crippen molar-refractivity contribution in [3.05, 3.63) is 59.2 Å². The lowest BCUT2D eigenvalue weighted by molar-refractivity contribution is -0.142. The maximum Gasteiger partial charge on any atom is 0.254 e. The van der Waals surface area contributed by atoms with E-state index in [1.165, 1.54) is 5.52 Å². The summed E-state index contributed by atoms with van der Waals surface area (Å²) < 4.78 is 7.77. The molecule has 2 aliphatic heterocycles. The van der Waals surface area contributed by atoms with Gasteiger partial charge in [0.2, 0.25) is 0 Å².